The SMILES string of the molecule is Cc1ccccc1S(=O)(=O)c1ccc(Br)cc1C(F)(F)F. The van der Waals surface area contributed by atoms with Crippen LogP contribution in [0.4, 0.5) is 13.2 Å². The molecule has 0 unspecified atom stereocenters. The number of rotatable bonds is 2. The summed E-state index contributed by atoms with van der Waals surface area (Å²) in [6.07, 6.45) is -4.76. The van der Waals surface area contributed by atoms with Crippen molar-refractivity contribution in [2.24, 2.45) is 0 Å². The number of benzene rings is 2. The van der Waals surface area contributed by atoms with Gasteiger partial charge in [-0.25, -0.2) is 8.42 Å². The van der Waals surface area contributed by atoms with Gasteiger partial charge < -0.3 is 0 Å². The highest BCUT2D eigenvalue weighted by Crippen LogP contribution is 2.38. The normalized spacial score (nSPS) is 12.4. The number of sulfone groups is 1. The van der Waals surface area contributed by atoms with Crippen LogP contribution >= 0.6 is 15.9 Å². The van der Waals surface area contributed by atoms with Crippen LogP contribution in [0.15, 0.2) is 56.7 Å². The molecule has 2 aromatic rings. The summed E-state index contributed by atoms with van der Waals surface area (Å²) in [5.41, 5.74) is -0.784. The first-order chi connectivity index (χ1) is 9.64. The lowest BCUT2D eigenvalue weighted by Gasteiger charge is -2.15. The van der Waals surface area contributed by atoms with E-state index in [4.69, 9.17) is 0 Å². The molecule has 0 N–H and O–H groups in total. The molecule has 2 rings (SSSR count). The highest BCUT2D eigenvalue weighted by atomic mass is 79.9. The van der Waals surface area contributed by atoms with E-state index in [1.54, 1.807) is 19.1 Å². The Morgan fingerprint density at radius 2 is 1.62 bits per heavy atom. The van der Waals surface area contributed by atoms with Gasteiger partial charge in [0.15, 0.2) is 0 Å². The van der Waals surface area contributed by atoms with E-state index < -0.39 is 26.5 Å². The van der Waals surface area contributed by atoms with Gasteiger partial charge in [-0.3, -0.25) is 0 Å². The van der Waals surface area contributed by atoms with Crippen LogP contribution in [0.1, 0.15) is 11.1 Å². The van der Waals surface area contributed by atoms with Crippen LogP contribution in [0.5, 0.6) is 0 Å². The maximum atomic E-state index is 13.1. The van der Waals surface area contributed by atoms with Gasteiger partial charge in [-0.15, -0.1) is 0 Å². The number of halogens is 4. The van der Waals surface area contributed by atoms with Crippen LogP contribution in [-0.4, -0.2) is 8.42 Å². The largest absolute Gasteiger partial charge is 0.417 e. The Bertz CT molecular complexity index is 783. The van der Waals surface area contributed by atoms with Gasteiger partial charge in [0, 0.05) is 4.47 Å². The van der Waals surface area contributed by atoms with Gasteiger partial charge in [-0.2, -0.15) is 13.2 Å². The Morgan fingerprint density at radius 3 is 2.19 bits per heavy atom. The fraction of sp³-hybridized carbons (Fsp3) is 0.143. The van der Waals surface area contributed by atoms with Crippen molar-refractivity contribution in [1.29, 1.82) is 0 Å². The summed E-state index contributed by atoms with van der Waals surface area (Å²) in [7, 11) is -4.24. The van der Waals surface area contributed by atoms with Crippen molar-refractivity contribution < 1.29 is 21.6 Å². The average Bonchev–Trinajstić information content (AvgIpc) is 2.37. The third kappa shape index (κ3) is 3.13. The van der Waals surface area contributed by atoms with E-state index in [-0.39, 0.29) is 9.37 Å². The van der Waals surface area contributed by atoms with Gasteiger partial charge in [0.2, 0.25) is 9.84 Å². The molecule has 0 aromatic heterocycles. The van der Waals surface area contributed by atoms with Crippen molar-refractivity contribution in [3.63, 3.8) is 0 Å². The molecule has 7 heteroatoms. The molecule has 0 aliphatic carbocycles. The minimum atomic E-state index is -4.76. The number of hydrogen-bond acceptors (Lipinski definition) is 2. The zero-order chi connectivity index (χ0) is 15.8. The van der Waals surface area contributed by atoms with Crippen molar-refractivity contribution >= 4 is 25.8 Å². The van der Waals surface area contributed by atoms with Crippen LogP contribution in [0.25, 0.3) is 0 Å². The van der Waals surface area contributed by atoms with Crippen molar-refractivity contribution in [2.45, 2.75) is 22.9 Å². The molecule has 0 heterocycles. The van der Waals surface area contributed by atoms with Crippen molar-refractivity contribution in [1.82, 2.24) is 0 Å². The van der Waals surface area contributed by atoms with Crippen LogP contribution in [0.2, 0.25) is 0 Å². The smallest absolute Gasteiger partial charge is 0.218 e. The standard InChI is InChI=1S/C14H10BrF3O2S/c1-9-4-2-3-5-12(9)21(19,20)13-7-6-10(15)8-11(13)14(16,17)18/h2-8H,1H3. The molecule has 112 valence electrons. The maximum absolute atomic E-state index is 13.1. The van der Waals surface area contributed by atoms with Crippen LogP contribution in [0.3, 0.4) is 0 Å². The Kier molecular flexibility index (Phi) is 4.17. The van der Waals surface area contributed by atoms with E-state index in [2.05, 4.69) is 15.9 Å². The van der Waals surface area contributed by atoms with Crippen molar-refractivity contribution in [3.05, 3.63) is 58.1 Å². The Balaban J connectivity index is 2.75. The minimum absolute atomic E-state index is 0.127. The zero-order valence-corrected chi connectivity index (χ0v) is 13.2. The molecule has 0 saturated carbocycles. The Hall–Kier alpha value is -1.34. The van der Waals surface area contributed by atoms with Gasteiger partial charge in [-0.1, -0.05) is 34.1 Å². The molecule has 0 atom stereocenters. The monoisotopic (exact) mass is 378 g/mol. The first-order valence-corrected chi connectivity index (χ1v) is 8.09. The highest BCUT2D eigenvalue weighted by molar-refractivity contribution is 9.10. The van der Waals surface area contributed by atoms with E-state index >= 15 is 0 Å². The van der Waals surface area contributed by atoms with E-state index in [9.17, 15) is 21.6 Å². The summed E-state index contributed by atoms with van der Waals surface area (Å²) in [5, 5.41) is 0. The predicted octanol–water partition coefficient (Wildman–Crippen LogP) is 4.61. The van der Waals surface area contributed by atoms with E-state index in [1.165, 1.54) is 18.2 Å². The van der Waals surface area contributed by atoms with Crippen LogP contribution < -0.4 is 0 Å². The Labute approximate surface area is 128 Å². The third-order valence-corrected chi connectivity index (χ3v) is 5.39. The van der Waals surface area contributed by atoms with E-state index in [0.717, 1.165) is 12.1 Å². The maximum Gasteiger partial charge on any atom is 0.417 e. The Morgan fingerprint density at radius 1 is 1.00 bits per heavy atom. The lowest BCUT2D eigenvalue weighted by molar-refractivity contribution is -0.139. The van der Waals surface area contributed by atoms with E-state index in [1.807, 2.05) is 0 Å². The lowest BCUT2D eigenvalue weighted by atomic mass is 10.2. The molecular weight excluding hydrogens is 369 g/mol. The first kappa shape index (κ1) is 16.0. The first-order valence-electron chi connectivity index (χ1n) is 5.81. The zero-order valence-electron chi connectivity index (χ0n) is 10.8. The summed E-state index contributed by atoms with van der Waals surface area (Å²) >= 11 is 2.93. The quantitative estimate of drug-likeness (QED) is 0.764. The number of hydrogen-bond donors (Lipinski definition) is 0. The molecule has 0 amide bonds. The fourth-order valence-electron chi connectivity index (χ4n) is 1.93. The summed E-state index contributed by atoms with van der Waals surface area (Å²) < 4.78 is 64.5. The van der Waals surface area contributed by atoms with Gasteiger partial charge in [-0.05, 0) is 36.8 Å². The van der Waals surface area contributed by atoms with Crippen molar-refractivity contribution in [3.8, 4) is 0 Å². The van der Waals surface area contributed by atoms with Gasteiger partial charge in [0.1, 0.15) is 0 Å². The van der Waals surface area contributed by atoms with Crippen LogP contribution in [-0.2, 0) is 16.0 Å². The topological polar surface area (TPSA) is 34.1 Å². The molecule has 0 saturated heterocycles. The second-order valence-electron chi connectivity index (χ2n) is 4.41. The predicted molar refractivity (Wildman–Crippen MR) is 75.8 cm³/mol. The molecule has 2 aromatic carbocycles. The third-order valence-electron chi connectivity index (χ3n) is 2.92. The average molecular weight is 379 g/mol. The number of aryl methyl sites for hydroxylation is 1. The van der Waals surface area contributed by atoms with Crippen LogP contribution in [0, 0.1) is 6.92 Å². The van der Waals surface area contributed by atoms with E-state index in [0.29, 0.717) is 5.56 Å². The van der Waals surface area contributed by atoms with Gasteiger partial charge >= 0.3 is 6.18 Å². The molecule has 2 nitrogen and oxygen atoms in total. The summed E-state index contributed by atoms with van der Waals surface area (Å²) in [6, 6.07) is 8.96. The summed E-state index contributed by atoms with van der Waals surface area (Å²) in [4.78, 5) is -0.870. The highest BCUT2D eigenvalue weighted by Gasteiger charge is 2.38. The fourth-order valence-corrected chi connectivity index (χ4v) is 3.99. The van der Waals surface area contributed by atoms with Gasteiger partial charge in [0.05, 0.1) is 15.4 Å². The molecule has 0 bridgehead atoms. The number of alkyl halides is 3. The molecule has 21 heavy (non-hydrogen) atoms. The molecular formula is C14H10BrF3O2S. The summed E-state index contributed by atoms with van der Waals surface area (Å²) in [5.74, 6) is 0. The molecule has 0 fully saturated rings. The minimum Gasteiger partial charge on any atom is -0.218 e. The lowest BCUT2D eigenvalue weighted by Crippen LogP contribution is -2.14. The van der Waals surface area contributed by atoms with Gasteiger partial charge in [0.25, 0.3) is 0 Å². The molecule has 0 aliphatic heterocycles. The second-order valence-corrected chi connectivity index (χ2v) is 7.21. The second kappa shape index (κ2) is 5.46. The summed E-state index contributed by atoms with van der Waals surface area (Å²) in [6.45, 7) is 1.54. The molecule has 0 aliphatic rings. The molecule has 0 radical (unpaired) electrons. The van der Waals surface area contributed by atoms with Crippen molar-refractivity contribution in [2.75, 3.05) is 0 Å². The molecule has 0 spiro atoms.